The SMILES string of the molecule is Cc1cnn(CCN(Cc2cccc(C(=O)NCc3ccco3)c2)Cc2cccc(C(=O)NCc3ccco3)c2)c1. The molecule has 2 amide bonds. The molecule has 0 aliphatic rings. The summed E-state index contributed by atoms with van der Waals surface area (Å²) in [6.45, 7) is 5.36. The molecule has 2 aromatic carbocycles. The van der Waals surface area contributed by atoms with E-state index in [1.54, 1.807) is 24.7 Å². The van der Waals surface area contributed by atoms with Gasteiger partial charge < -0.3 is 19.5 Å². The molecule has 210 valence electrons. The van der Waals surface area contributed by atoms with Crippen LogP contribution < -0.4 is 10.6 Å². The highest BCUT2D eigenvalue weighted by Crippen LogP contribution is 2.15. The number of hydrogen-bond acceptors (Lipinski definition) is 6. The lowest BCUT2D eigenvalue weighted by molar-refractivity contribution is 0.0940. The van der Waals surface area contributed by atoms with Gasteiger partial charge in [-0.25, -0.2) is 0 Å². The number of carbonyl (C=O) groups excluding carboxylic acids is 2. The smallest absolute Gasteiger partial charge is 0.251 e. The molecule has 3 heterocycles. The molecule has 9 nitrogen and oxygen atoms in total. The number of benzene rings is 2. The fourth-order valence-corrected chi connectivity index (χ4v) is 4.55. The summed E-state index contributed by atoms with van der Waals surface area (Å²) in [7, 11) is 0. The largest absolute Gasteiger partial charge is 0.467 e. The van der Waals surface area contributed by atoms with E-state index in [1.807, 2.05) is 84.7 Å². The molecule has 0 aliphatic carbocycles. The Morgan fingerprint density at radius 1 is 0.805 bits per heavy atom. The molecule has 0 saturated carbocycles. The summed E-state index contributed by atoms with van der Waals surface area (Å²) in [6, 6.07) is 22.5. The van der Waals surface area contributed by atoms with Crippen LogP contribution in [0.2, 0.25) is 0 Å². The van der Waals surface area contributed by atoms with Crippen LogP contribution in [0.4, 0.5) is 0 Å². The molecule has 9 heteroatoms. The predicted octanol–water partition coefficient (Wildman–Crippen LogP) is 4.94. The molecule has 5 rings (SSSR count). The van der Waals surface area contributed by atoms with Crippen LogP contribution in [0.1, 0.15) is 48.9 Å². The van der Waals surface area contributed by atoms with E-state index in [4.69, 9.17) is 8.83 Å². The third-order valence-corrected chi connectivity index (χ3v) is 6.60. The molecule has 5 aromatic rings. The lowest BCUT2D eigenvalue weighted by atomic mass is 10.1. The fourth-order valence-electron chi connectivity index (χ4n) is 4.55. The Kier molecular flexibility index (Phi) is 9.08. The van der Waals surface area contributed by atoms with Crippen LogP contribution in [0.25, 0.3) is 0 Å². The molecule has 0 bridgehead atoms. The van der Waals surface area contributed by atoms with Crippen molar-refractivity contribution in [2.24, 2.45) is 0 Å². The zero-order valence-electron chi connectivity index (χ0n) is 23.0. The third kappa shape index (κ3) is 8.06. The van der Waals surface area contributed by atoms with E-state index in [0.717, 1.165) is 23.2 Å². The van der Waals surface area contributed by atoms with Crippen molar-refractivity contribution in [1.29, 1.82) is 0 Å². The van der Waals surface area contributed by atoms with Crippen LogP contribution in [0, 0.1) is 6.92 Å². The van der Waals surface area contributed by atoms with Crippen molar-refractivity contribution >= 4 is 11.8 Å². The van der Waals surface area contributed by atoms with E-state index < -0.39 is 0 Å². The molecular formula is C32H33N5O4. The standard InChI is InChI=1S/C32H33N5O4/c1-24-18-35-37(21-24)13-12-36(22-25-6-2-8-27(16-25)31(38)33-19-29-10-4-14-40-29)23-26-7-3-9-28(17-26)32(39)34-20-30-11-5-15-41-30/h2-11,14-18,21H,12-13,19-20,22-23H2,1H3,(H,33,38)(H,34,39). The molecule has 2 N–H and O–H groups in total. The van der Waals surface area contributed by atoms with Gasteiger partial charge in [-0.3, -0.25) is 19.2 Å². The van der Waals surface area contributed by atoms with Crippen molar-refractivity contribution in [3.8, 4) is 0 Å². The van der Waals surface area contributed by atoms with Gasteiger partial charge in [0.1, 0.15) is 11.5 Å². The predicted molar refractivity (Wildman–Crippen MR) is 154 cm³/mol. The number of hydrogen-bond donors (Lipinski definition) is 2. The minimum absolute atomic E-state index is 0.157. The number of carbonyl (C=O) groups is 2. The van der Waals surface area contributed by atoms with Crippen LogP contribution in [0.3, 0.4) is 0 Å². The fraction of sp³-hybridized carbons (Fsp3) is 0.219. The first kappa shape index (κ1) is 27.7. The van der Waals surface area contributed by atoms with E-state index in [-0.39, 0.29) is 11.8 Å². The van der Waals surface area contributed by atoms with Gasteiger partial charge in [0.25, 0.3) is 11.8 Å². The first-order valence-electron chi connectivity index (χ1n) is 13.5. The topological polar surface area (TPSA) is 106 Å². The second-order valence-corrected chi connectivity index (χ2v) is 9.92. The second-order valence-electron chi connectivity index (χ2n) is 9.92. The van der Waals surface area contributed by atoms with E-state index in [1.165, 1.54) is 0 Å². The highest BCUT2D eigenvalue weighted by molar-refractivity contribution is 5.94. The maximum absolute atomic E-state index is 12.8. The second kappa shape index (κ2) is 13.5. The number of furan rings is 2. The van der Waals surface area contributed by atoms with Gasteiger partial charge in [0.15, 0.2) is 0 Å². The summed E-state index contributed by atoms with van der Waals surface area (Å²) >= 11 is 0. The first-order valence-corrected chi connectivity index (χ1v) is 13.5. The van der Waals surface area contributed by atoms with Crippen LogP contribution in [0.15, 0.2) is 107 Å². The van der Waals surface area contributed by atoms with Gasteiger partial charge in [-0.1, -0.05) is 24.3 Å². The van der Waals surface area contributed by atoms with Crippen molar-refractivity contribution in [2.75, 3.05) is 6.54 Å². The number of amides is 2. The Hall–Kier alpha value is -4.89. The molecule has 0 atom stereocenters. The Bertz CT molecular complexity index is 1460. The molecule has 41 heavy (non-hydrogen) atoms. The Labute approximate surface area is 238 Å². The van der Waals surface area contributed by atoms with Crippen LogP contribution in [0.5, 0.6) is 0 Å². The normalized spacial score (nSPS) is 11.1. The summed E-state index contributed by atoms with van der Waals surface area (Å²) in [5, 5.41) is 10.2. The number of rotatable bonds is 13. The minimum atomic E-state index is -0.157. The van der Waals surface area contributed by atoms with Gasteiger partial charge in [0, 0.05) is 37.0 Å². The maximum atomic E-state index is 12.8. The summed E-state index contributed by atoms with van der Waals surface area (Å²) in [5.74, 6) is 1.09. The Morgan fingerprint density at radius 2 is 1.37 bits per heavy atom. The van der Waals surface area contributed by atoms with Crippen molar-refractivity contribution in [3.05, 3.63) is 137 Å². The molecule has 0 spiro atoms. The molecule has 3 aromatic heterocycles. The zero-order chi connectivity index (χ0) is 28.4. The molecular weight excluding hydrogens is 518 g/mol. The van der Waals surface area contributed by atoms with Gasteiger partial charge >= 0.3 is 0 Å². The van der Waals surface area contributed by atoms with Crippen LogP contribution >= 0.6 is 0 Å². The lowest BCUT2D eigenvalue weighted by Gasteiger charge is -2.23. The summed E-state index contributed by atoms with van der Waals surface area (Å²) in [6.07, 6.45) is 7.04. The van der Waals surface area contributed by atoms with E-state index >= 15 is 0 Å². The highest BCUT2D eigenvalue weighted by atomic mass is 16.3. The molecule has 0 saturated heterocycles. The summed E-state index contributed by atoms with van der Waals surface area (Å²) < 4.78 is 12.6. The van der Waals surface area contributed by atoms with Crippen molar-refractivity contribution in [3.63, 3.8) is 0 Å². The van der Waals surface area contributed by atoms with E-state index in [0.29, 0.717) is 55.4 Å². The van der Waals surface area contributed by atoms with Gasteiger partial charge in [0.05, 0.1) is 38.4 Å². The Morgan fingerprint density at radius 3 is 1.83 bits per heavy atom. The molecule has 0 unspecified atom stereocenters. The van der Waals surface area contributed by atoms with E-state index in [2.05, 4.69) is 20.6 Å². The average molecular weight is 552 g/mol. The van der Waals surface area contributed by atoms with Gasteiger partial charge in [0.2, 0.25) is 0 Å². The molecule has 0 radical (unpaired) electrons. The van der Waals surface area contributed by atoms with Crippen LogP contribution in [-0.4, -0.2) is 33.0 Å². The highest BCUT2D eigenvalue weighted by Gasteiger charge is 2.13. The van der Waals surface area contributed by atoms with Crippen LogP contribution in [-0.2, 0) is 32.7 Å². The zero-order valence-corrected chi connectivity index (χ0v) is 23.0. The molecule has 0 fully saturated rings. The van der Waals surface area contributed by atoms with Crippen molar-refractivity contribution in [1.82, 2.24) is 25.3 Å². The van der Waals surface area contributed by atoms with E-state index in [9.17, 15) is 9.59 Å². The van der Waals surface area contributed by atoms with Gasteiger partial charge in [-0.05, 0) is 72.1 Å². The summed E-state index contributed by atoms with van der Waals surface area (Å²) in [4.78, 5) is 27.9. The number of aromatic nitrogens is 2. The van der Waals surface area contributed by atoms with Crippen molar-refractivity contribution in [2.45, 2.75) is 39.6 Å². The lowest BCUT2D eigenvalue weighted by Crippen LogP contribution is -2.28. The van der Waals surface area contributed by atoms with Gasteiger partial charge in [-0.2, -0.15) is 5.10 Å². The quantitative estimate of drug-likeness (QED) is 0.215. The Balaban J connectivity index is 1.27. The summed E-state index contributed by atoms with van der Waals surface area (Å²) in [5.41, 5.74) is 4.32. The molecule has 0 aliphatic heterocycles. The maximum Gasteiger partial charge on any atom is 0.251 e. The average Bonchev–Trinajstić information content (AvgIpc) is 3.78. The number of nitrogens with one attached hydrogen (secondary N) is 2. The number of aryl methyl sites for hydroxylation is 1. The first-order chi connectivity index (χ1) is 20.0. The minimum Gasteiger partial charge on any atom is -0.467 e. The monoisotopic (exact) mass is 551 g/mol. The van der Waals surface area contributed by atoms with Gasteiger partial charge in [-0.15, -0.1) is 0 Å². The van der Waals surface area contributed by atoms with Crippen molar-refractivity contribution < 1.29 is 18.4 Å². The number of nitrogens with zero attached hydrogens (tertiary/aromatic N) is 3. The third-order valence-electron chi connectivity index (χ3n) is 6.60.